The Bertz CT molecular complexity index is 296. The van der Waals surface area contributed by atoms with Crippen molar-refractivity contribution >= 4 is 11.6 Å². The van der Waals surface area contributed by atoms with E-state index in [0.29, 0.717) is 0 Å². The zero-order valence-corrected chi connectivity index (χ0v) is 8.05. The molecule has 1 unspecified atom stereocenters. The lowest BCUT2D eigenvalue weighted by Gasteiger charge is -2.07. The highest BCUT2D eigenvalue weighted by molar-refractivity contribution is 6.20. The summed E-state index contributed by atoms with van der Waals surface area (Å²) in [6.45, 7) is 1.29. The minimum absolute atomic E-state index is 0.246. The van der Waals surface area contributed by atoms with Gasteiger partial charge in [-0.1, -0.05) is 0 Å². The second-order valence-corrected chi connectivity index (χ2v) is 3.40. The van der Waals surface area contributed by atoms with Gasteiger partial charge in [-0.15, -0.1) is 16.7 Å². The second-order valence-electron chi connectivity index (χ2n) is 2.74. The Balaban J connectivity index is 2.63. The summed E-state index contributed by atoms with van der Waals surface area (Å²) >= 11 is 5.66. The molecule has 0 aliphatic rings. The van der Waals surface area contributed by atoms with E-state index in [0.717, 1.165) is 4.68 Å². The van der Waals surface area contributed by atoms with Crippen molar-refractivity contribution in [3.8, 4) is 0 Å². The lowest BCUT2D eigenvalue weighted by atomic mass is 10.4. The number of hydrogen-bond acceptors (Lipinski definition) is 3. The fourth-order valence-electron chi connectivity index (χ4n) is 0.888. The summed E-state index contributed by atoms with van der Waals surface area (Å²) in [4.78, 5) is 0. The van der Waals surface area contributed by atoms with Crippen LogP contribution in [0.15, 0.2) is 0 Å². The summed E-state index contributed by atoms with van der Waals surface area (Å²) in [7, 11) is 0. The molecule has 0 fully saturated rings. The highest BCUT2D eigenvalue weighted by atomic mass is 35.5. The zero-order chi connectivity index (χ0) is 10.8. The average molecular weight is 229 g/mol. The van der Waals surface area contributed by atoms with Crippen LogP contribution < -0.4 is 0 Å². The van der Waals surface area contributed by atoms with Gasteiger partial charge >= 0.3 is 6.18 Å². The van der Waals surface area contributed by atoms with Gasteiger partial charge in [0.15, 0.2) is 5.82 Å². The third-order valence-corrected chi connectivity index (χ3v) is 1.72. The number of hydrogen-bond donors (Lipinski definition) is 0. The molecule has 0 aromatic carbocycles. The molecule has 0 amide bonds. The fourth-order valence-corrected chi connectivity index (χ4v) is 1.04. The van der Waals surface area contributed by atoms with E-state index in [4.69, 9.17) is 11.6 Å². The fraction of sp³-hybridized carbons (Fsp3) is 0.833. The summed E-state index contributed by atoms with van der Waals surface area (Å²) in [6.07, 6.45) is -5.17. The molecule has 0 bridgehead atoms. The van der Waals surface area contributed by atoms with Crippen LogP contribution in [0.5, 0.6) is 0 Å². The lowest BCUT2D eigenvalue weighted by molar-refractivity contribution is -0.137. The van der Waals surface area contributed by atoms with E-state index in [-0.39, 0.29) is 12.4 Å². The molecule has 0 aliphatic carbocycles. The van der Waals surface area contributed by atoms with Gasteiger partial charge in [0.2, 0.25) is 0 Å². The summed E-state index contributed by atoms with van der Waals surface area (Å²) in [5.41, 5.74) is 0. The van der Waals surface area contributed by atoms with E-state index in [1.165, 1.54) is 0 Å². The molecule has 1 atom stereocenters. The first kappa shape index (κ1) is 11.2. The van der Waals surface area contributed by atoms with Crippen LogP contribution in [0.3, 0.4) is 0 Å². The van der Waals surface area contributed by atoms with E-state index in [1.54, 1.807) is 6.92 Å². The molecule has 0 N–H and O–H groups in total. The normalized spacial score (nSPS) is 14.4. The topological polar surface area (TPSA) is 43.6 Å². The van der Waals surface area contributed by atoms with Gasteiger partial charge in [0.05, 0.1) is 18.3 Å². The maximum absolute atomic E-state index is 11.9. The monoisotopic (exact) mass is 228 g/mol. The predicted molar refractivity (Wildman–Crippen MR) is 42.8 cm³/mol. The van der Waals surface area contributed by atoms with Crippen LogP contribution in [-0.2, 0) is 6.54 Å². The van der Waals surface area contributed by atoms with Crippen molar-refractivity contribution < 1.29 is 13.2 Å². The quantitative estimate of drug-likeness (QED) is 0.743. The summed E-state index contributed by atoms with van der Waals surface area (Å²) in [5, 5.41) is 9.68. The molecular weight excluding hydrogens is 221 g/mol. The van der Waals surface area contributed by atoms with Crippen molar-refractivity contribution in [3.63, 3.8) is 0 Å². The first-order valence-electron chi connectivity index (χ1n) is 3.87. The van der Waals surface area contributed by atoms with Gasteiger partial charge in [-0.3, -0.25) is 0 Å². The van der Waals surface area contributed by atoms with Crippen LogP contribution in [0.4, 0.5) is 13.2 Å². The Labute approximate surface area is 83.0 Å². The number of tetrazole rings is 1. The van der Waals surface area contributed by atoms with Gasteiger partial charge in [0, 0.05) is 0 Å². The molecule has 1 rings (SSSR count). The maximum Gasteiger partial charge on any atom is 0.390 e. The molecule has 8 heteroatoms. The standard InChI is InChI=1S/C6H8ClF3N4/c1-4(7)5-11-12-13-14(5)3-2-6(8,9)10/h4H,2-3H2,1H3. The van der Waals surface area contributed by atoms with Crippen molar-refractivity contribution in [2.45, 2.75) is 31.4 Å². The minimum Gasteiger partial charge on any atom is -0.228 e. The SMILES string of the molecule is CC(Cl)c1nnnn1CCC(F)(F)F. The number of alkyl halides is 4. The number of rotatable bonds is 3. The largest absolute Gasteiger partial charge is 0.390 e. The molecule has 0 saturated heterocycles. The first-order valence-corrected chi connectivity index (χ1v) is 4.30. The molecule has 0 aliphatic heterocycles. The van der Waals surface area contributed by atoms with Crippen LogP contribution in [-0.4, -0.2) is 26.4 Å². The van der Waals surface area contributed by atoms with Gasteiger partial charge in [-0.2, -0.15) is 13.2 Å². The van der Waals surface area contributed by atoms with E-state index >= 15 is 0 Å². The first-order chi connectivity index (χ1) is 6.40. The highest BCUT2D eigenvalue weighted by Crippen LogP contribution is 2.21. The summed E-state index contributed by atoms with van der Waals surface area (Å²) in [5.74, 6) is 0.246. The zero-order valence-electron chi connectivity index (χ0n) is 7.29. The maximum atomic E-state index is 11.9. The van der Waals surface area contributed by atoms with Crippen molar-refractivity contribution in [1.29, 1.82) is 0 Å². The molecule has 0 saturated carbocycles. The van der Waals surface area contributed by atoms with Gasteiger partial charge in [0.25, 0.3) is 0 Å². The number of nitrogens with zero attached hydrogens (tertiary/aromatic N) is 4. The second kappa shape index (κ2) is 4.12. The van der Waals surface area contributed by atoms with Gasteiger partial charge in [0.1, 0.15) is 0 Å². The molecule has 0 spiro atoms. The molecule has 4 nitrogen and oxygen atoms in total. The van der Waals surface area contributed by atoms with Crippen LogP contribution in [0, 0.1) is 0 Å². The number of halogens is 4. The Hall–Kier alpha value is -0.850. The molecule has 1 heterocycles. The smallest absolute Gasteiger partial charge is 0.228 e. The third kappa shape index (κ3) is 3.13. The van der Waals surface area contributed by atoms with Crippen LogP contribution >= 0.6 is 11.6 Å². The van der Waals surface area contributed by atoms with Crippen LogP contribution in [0.2, 0.25) is 0 Å². The van der Waals surface area contributed by atoms with E-state index in [1.807, 2.05) is 0 Å². The Kier molecular flexibility index (Phi) is 3.30. The number of aromatic nitrogens is 4. The third-order valence-electron chi connectivity index (χ3n) is 1.52. The Morgan fingerprint density at radius 3 is 2.64 bits per heavy atom. The van der Waals surface area contributed by atoms with E-state index in [9.17, 15) is 13.2 Å². The van der Waals surface area contributed by atoms with Gasteiger partial charge in [-0.05, 0) is 17.4 Å². The summed E-state index contributed by atoms with van der Waals surface area (Å²) in [6, 6.07) is 0. The number of aryl methyl sites for hydroxylation is 1. The highest BCUT2D eigenvalue weighted by Gasteiger charge is 2.27. The van der Waals surface area contributed by atoms with Crippen LogP contribution in [0.25, 0.3) is 0 Å². The Morgan fingerprint density at radius 1 is 1.50 bits per heavy atom. The molecule has 80 valence electrons. The van der Waals surface area contributed by atoms with Gasteiger partial charge < -0.3 is 0 Å². The van der Waals surface area contributed by atoms with E-state index in [2.05, 4.69) is 15.5 Å². The van der Waals surface area contributed by atoms with Gasteiger partial charge in [-0.25, -0.2) is 4.68 Å². The minimum atomic E-state index is -4.21. The summed E-state index contributed by atoms with van der Waals surface area (Å²) < 4.78 is 36.7. The Morgan fingerprint density at radius 2 is 2.14 bits per heavy atom. The molecular formula is C6H8ClF3N4. The van der Waals surface area contributed by atoms with E-state index < -0.39 is 18.0 Å². The van der Waals surface area contributed by atoms with Crippen LogP contribution in [0.1, 0.15) is 24.5 Å². The van der Waals surface area contributed by atoms with Crippen molar-refractivity contribution in [3.05, 3.63) is 5.82 Å². The molecule has 1 aromatic rings. The molecule has 0 radical (unpaired) electrons. The molecule has 1 aromatic heterocycles. The molecule has 14 heavy (non-hydrogen) atoms. The average Bonchev–Trinajstić information content (AvgIpc) is 2.46. The van der Waals surface area contributed by atoms with Crippen molar-refractivity contribution in [1.82, 2.24) is 20.2 Å². The predicted octanol–water partition coefficient (Wildman–Crippen LogP) is 1.93. The lowest BCUT2D eigenvalue weighted by Crippen LogP contribution is -2.15. The van der Waals surface area contributed by atoms with Crippen molar-refractivity contribution in [2.24, 2.45) is 0 Å². The van der Waals surface area contributed by atoms with Crippen molar-refractivity contribution in [2.75, 3.05) is 0 Å².